The van der Waals surface area contributed by atoms with E-state index in [9.17, 15) is 14.4 Å². The van der Waals surface area contributed by atoms with E-state index >= 15 is 0 Å². The lowest BCUT2D eigenvalue weighted by molar-refractivity contribution is -0.167. The molecule has 0 bridgehead atoms. The number of hydrogen-bond acceptors (Lipinski definition) is 6. The summed E-state index contributed by atoms with van der Waals surface area (Å²) < 4.78 is 16.8. The molecule has 6 nitrogen and oxygen atoms in total. The van der Waals surface area contributed by atoms with E-state index in [4.69, 9.17) is 14.2 Å². The second kappa shape index (κ2) is 47.1. The summed E-state index contributed by atoms with van der Waals surface area (Å²) in [6.45, 7) is 6.67. The van der Waals surface area contributed by atoms with Crippen LogP contribution in [0.5, 0.6) is 0 Å². The minimum atomic E-state index is -0.759. The van der Waals surface area contributed by atoms with Gasteiger partial charge in [-0.1, -0.05) is 252 Å². The van der Waals surface area contributed by atoms with Gasteiger partial charge in [-0.2, -0.15) is 0 Å². The topological polar surface area (TPSA) is 78.9 Å². The molecule has 0 fully saturated rings. The Morgan fingerprint density at radius 2 is 0.474 bits per heavy atom. The van der Waals surface area contributed by atoms with Crippen LogP contribution in [0.1, 0.15) is 290 Å². The molecular weight excluding hydrogens is 712 g/mol. The Kier molecular flexibility index (Phi) is 45.8. The van der Waals surface area contributed by atoms with Crippen molar-refractivity contribution in [2.24, 2.45) is 0 Å². The molecule has 0 spiro atoms. The SMILES string of the molecule is CCCCCCCCCCCCCCCC(=O)O[13CH2][13CH]([13CH2]OC(=O)CCCCCCCCCCCCCCC)OC(=O)CCCCCCCCCCCCCCC. The first-order chi connectivity index (χ1) is 28.0. The van der Waals surface area contributed by atoms with Crippen LogP contribution in [-0.2, 0) is 28.6 Å². The molecule has 6 heteroatoms. The molecule has 0 rings (SSSR count). The lowest BCUT2D eigenvalue weighted by atomic mass is 10.0. The molecule has 0 aliphatic rings. The zero-order chi connectivity index (χ0) is 41.5. The molecule has 0 saturated carbocycles. The zero-order valence-corrected chi connectivity index (χ0v) is 38.6. The third-order valence-corrected chi connectivity index (χ3v) is 11.6. The predicted octanol–water partition coefficient (Wildman–Crippen LogP) is 16.4. The first kappa shape index (κ1) is 55.4. The Balaban J connectivity index is 4.31. The summed E-state index contributed by atoms with van der Waals surface area (Å²) >= 11 is 0. The number of carbonyl (C=O) groups is 3. The van der Waals surface area contributed by atoms with Gasteiger partial charge in [0, 0.05) is 19.3 Å². The molecule has 0 amide bonds. The monoisotopic (exact) mass is 810 g/mol. The van der Waals surface area contributed by atoms with E-state index in [-0.39, 0.29) is 31.1 Å². The van der Waals surface area contributed by atoms with Crippen molar-refractivity contribution in [2.45, 2.75) is 297 Å². The lowest BCUT2D eigenvalue weighted by Gasteiger charge is -2.18. The van der Waals surface area contributed by atoms with Gasteiger partial charge in [-0.3, -0.25) is 14.4 Å². The van der Waals surface area contributed by atoms with Gasteiger partial charge in [0.25, 0.3) is 0 Å². The summed E-state index contributed by atoms with van der Waals surface area (Å²) in [4.78, 5) is 37.9. The van der Waals surface area contributed by atoms with E-state index < -0.39 is 6.10 Å². The van der Waals surface area contributed by atoms with Crippen molar-refractivity contribution in [3.05, 3.63) is 0 Å². The van der Waals surface area contributed by atoms with E-state index in [1.54, 1.807) is 0 Å². The summed E-state index contributed by atoms with van der Waals surface area (Å²) in [5.74, 6) is -0.842. The van der Waals surface area contributed by atoms with Crippen molar-refractivity contribution in [3.8, 4) is 0 Å². The largest absolute Gasteiger partial charge is 0.462 e. The molecule has 0 aromatic rings. The maximum Gasteiger partial charge on any atom is 0.306 e. The number of unbranched alkanes of at least 4 members (excludes halogenated alkanes) is 36. The molecule has 0 saturated heterocycles. The van der Waals surface area contributed by atoms with E-state index in [0.29, 0.717) is 19.3 Å². The van der Waals surface area contributed by atoms with Crippen LogP contribution in [0.25, 0.3) is 0 Å². The number of esters is 3. The Labute approximate surface area is 355 Å². The van der Waals surface area contributed by atoms with Crippen molar-refractivity contribution in [2.75, 3.05) is 13.2 Å². The van der Waals surface area contributed by atoms with Crippen molar-refractivity contribution in [1.82, 2.24) is 0 Å². The summed E-state index contributed by atoms with van der Waals surface area (Å²) in [6, 6.07) is 0. The smallest absolute Gasteiger partial charge is 0.306 e. The van der Waals surface area contributed by atoms with Gasteiger partial charge in [0.05, 0.1) is 0 Å². The van der Waals surface area contributed by atoms with Crippen molar-refractivity contribution in [1.29, 1.82) is 0 Å². The van der Waals surface area contributed by atoms with Gasteiger partial charge in [-0.15, -0.1) is 0 Å². The van der Waals surface area contributed by atoms with Gasteiger partial charge >= 0.3 is 17.9 Å². The van der Waals surface area contributed by atoms with Crippen LogP contribution in [-0.4, -0.2) is 37.2 Å². The second-order valence-corrected chi connectivity index (χ2v) is 17.5. The molecule has 0 aliphatic heterocycles. The summed E-state index contributed by atoms with van der Waals surface area (Å²) in [5.41, 5.74) is 0. The molecule has 0 atom stereocenters. The van der Waals surface area contributed by atoms with E-state index in [1.165, 1.54) is 193 Å². The van der Waals surface area contributed by atoms with Crippen LogP contribution >= 0.6 is 0 Å². The molecule has 57 heavy (non-hydrogen) atoms. The zero-order valence-electron chi connectivity index (χ0n) is 38.6. The summed E-state index contributed by atoms with van der Waals surface area (Å²) in [6.07, 6.45) is 49.3. The van der Waals surface area contributed by atoms with Gasteiger partial charge < -0.3 is 14.2 Å². The fourth-order valence-electron chi connectivity index (χ4n) is 7.74. The first-order valence-electron chi connectivity index (χ1n) is 25.5. The maximum absolute atomic E-state index is 12.8. The van der Waals surface area contributed by atoms with Gasteiger partial charge in [0.2, 0.25) is 0 Å². The number of hydrogen-bond donors (Lipinski definition) is 0. The van der Waals surface area contributed by atoms with Crippen LogP contribution < -0.4 is 0 Å². The molecule has 0 N–H and O–H groups in total. The minimum Gasteiger partial charge on any atom is -0.462 e. The van der Waals surface area contributed by atoms with Gasteiger partial charge in [0.1, 0.15) is 13.2 Å². The first-order valence-corrected chi connectivity index (χ1v) is 25.5. The van der Waals surface area contributed by atoms with Crippen molar-refractivity contribution >= 4 is 17.9 Å². The highest BCUT2D eigenvalue weighted by molar-refractivity contribution is 5.71. The summed E-state index contributed by atoms with van der Waals surface area (Å²) in [5, 5.41) is 0. The number of carbonyl (C=O) groups excluding carboxylic acids is 3. The van der Waals surface area contributed by atoms with E-state index in [2.05, 4.69) is 20.8 Å². The van der Waals surface area contributed by atoms with Crippen LogP contribution in [0.15, 0.2) is 0 Å². The van der Waals surface area contributed by atoms with Gasteiger partial charge in [-0.05, 0) is 19.3 Å². The maximum atomic E-state index is 12.8. The Morgan fingerprint density at radius 1 is 0.281 bits per heavy atom. The highest BCUT2D eigenvalue weighted by Crippen LogP contribution is 2.16. The van der Waals surface area contributed by atoms with E-state index in [0.717, 1.165) is 57.8 Å². The van der Waals surface area contributed by atoms with Crippen LogP contribution in [0, 0.1) is 0 Å². The van der Waals surface area contributed by atoms with E-state index in [1.807, 2.05) is 0 Å². The normalized spacial score (nSPS) is 11.4. The average Bonchev–Trinajstić information content (AvgIpc) is 3.21. The fourth-order valence-corrected chi connectivity index (χ4v) is 7.74. The molecule has 0 radical (unpaired) electrons. The molecule has 0 unspecified atom stereocenters. The third kappa shape index (κ3) is 45.3. The van der Waals surface area contributed by atoms with Crippen molar-refractivity contribution < 1.29 is 28.6 Å². The highest BCUT2D eigenvalue weighted by Gasteiger charge is 2.19. The van der Waals surface area contributed by atoms with Gasteiger partial charge in [-0.25, -0.2) is 0 Å². The quantitative estimate of drug-likeness (QED) is 0.0264. The second-order valence-electron chi connectivity index (χ2n) is 17.5. The molecular formula is C51H98O6. The molecule has 0 aromatic carbocycles. The summed E-state index contributed by atoms with van der Waals surface area (Å²) in [7, 11) is 0. The molecule has 0 heterocycles. The number of rotatable bonds is 47. The van der Waals surface area contributed by atoms with Crippen LogP contribution in [0.2, 0.25) is 0 Å². The molecule has 338 valence electrons. The van der Waals surface area contributed by atoms with Gasteiger partial charge in [0.15, 0.2) is 6.10 Å². The molecule has 0 aliphatic carbocycles. The fraction of sp³-hybridized carbons (Fsp3) is 0.941. The van der Waals surface area contributed by atoms with Crippen molar-refractivity contribution in [3.63, 3.8) is 0 Å². The predicted molar refractivity (Wildman–Crippen MR) is 243 cm³/mol. The lowest BCUT2D eigenvalue weighted by Crippen LogP contribution is -2.30. The average molecular weight is 810 g/mol. The minimum absolute atomic E-state index is 0.0619. The van der Waals surface area contributed by atoms with Crippen LogP contribution in [0.4, 0.5) is 0 Å². The van der Waals surface area contributed by atoms with Crippen LogP contribution in [0.3, 0.4) is 0 Å². The Hall–Kier alpha value is -1.59. The Bertz CT molecular complexity index is 798. The third-order valence-electron chi connectivity index (χ3n) is 11.6. The highest BCUT2D eigenvalue weighted by atomic mass is 16.7. The standard InChI is InChI=1S/C51H98O6/c1-4-7-10-13-16-19-22-25-28-31-34-37-40-43-49(52)55-46-48(57-51(54)45-42-39-36-33-30-27-24-21-18-15-12-9-6-3)47-56-50(53)44-41-38-35-32-29-26-23-20-17-14-11-8-5-2/h48H,4-47H2,1-3H3/i46+1,47+1,48+1. The Morgan fingerprint density at radius 3 is 0.702 bits per heavy atom. The number of ether oxygens (including phenoxy) is 3. The molecule has 0 aromatic heterocycles.